The molecule has 372 valence electrons. The molecule has 7 rings (SSSR count). The van der Waals surface area contributed by atoms with Crippen LogP contribution in [0, 0.1) is 83.1 Å². The van der Waals surface area contributed by atoms with E-state index in [0.717, 1.165) is 13.1 Å². The monoisotopic (exact) mass is 1010 g/mol. The third-order valence-electron chi connectivity index (χ3n) is 14.5. The molecule has 1 fully saturated rings. The highest BCUT2D eigenvalue weighted by Crippen LogP contribution is 2.48. The second-order valence-electron chi connectivity index (χ2n) is 21.4. The van der Waals surface area contributed by atoms with Gasteiger partial charge in [0.25, 0.3) is 0 Å². The van der Waals surface area contributed by atoms with E-state index >= 15 is 0 Å². The molecule has 4 atom stereocenters. The fourth-order valence-corrected chi connectivity index (χ4v) is 24.2. The molecule has 0 spiro atoms. The number of benzene rings is 6. The number of rotatable bonds is 8. The maximum absolute atomic E-state index is 2.95. The van der Waals surface area contributed by atoms with E-state index in [9.17, 15) is 0 Å². The quantitative estimate of drug-likeness (QED) is 0.140. The zero-order valence-electron chi connectivity index (χ0n) is 45.4. The molecule has 1 heterocycles. The molecule has 0 amide bonds. The van der Waals surface area contributed by atoms with Gasteiger partial charge in [-0.1, -0.05) is 176 Å². The summed E-state index contributed by atoms with van der Waals surface area (Å²) in [6, 6.07) is 42.7. The van der Waals surface area contributed by atoms with Crippen LogP contribution < -0.4 is 21.2 Å². The van der Waals surface area contributed by atoms with Gasteiger partial charge in [0.1, 0.15) is 0 Å². The van der Waals surface area contributed by atoms with Crippen LogP contribution >= 0.6 is 31.7 Å². The summed E-state index contributed by atoms with van der Waals surface area (Å²) in [5.41, 5.74) is 20.5. The molecular weight excluding hydrogens is 921 g/mol. The molecule has 0 bridgehead atoms. The lowest BCUT2D eigenvalue weighted by Gasteiger charge is -2.35. The Kier molecular flexibility index (Phi) is 20.5. The van der Waals surface area contributed by atoms with E-state index < -0.39 is 31.7 Å². The van der Waals surface area contributed by atoms with E-state index in [1.807, 2.05) is 0 Å². The fourth-order valence-electron chi connectivity index (χ4n) is 12.2. The van der Waals surface area contributed by atoms with Gasteiger partial charge >= 0.3 is 0 Å². The minimum Gasteiger partial charge on any atom is -0.290 e. The lowest BCUT2D eigenvalue weighted by Crippen LogP contribution is -2.31. The molecular formula is C64H86N2P4. The molecule has 0 radical (unpaired) electrons. The fraction of sp³-hybridized carbons (Fsp3) is 0.438. The number of hydrogen-bond acceptors (Lipinski definition) is 2. The Labute approximate surface area is 431 Å². The Morgan fingerprint density at radius 1 is 0.300 bits per heavy atom. The summed E-state index contributed by atoms with van der Waals surface area (Å²) in [6.07, 6.45) is 17.6. The van der Waals surface area contributed by atoms with E-state index in [-0.39, 0.29) is 0 Å². The van der Waals surface area contributed by atoms with Gasteiger partial charge in [-0.05, 0) is 210 Å². The van der Waals surface area contributed by atoms with Crippen LogP contribution in [0.4, 0.5) is 0 Å². The van der Waals surface area contributed by atoms with E-state index in [0.29, 0.717) is 0 Å². The second-order valence-corrected chi connectivity index (χ2v) is 30.4. The van der Waals surface area contributed by atoms with Crippen LogP contribution in [0.15, 0.2) is 109 Å². The maximum atomic E-state index is 2.95. The minimum absolute atomic E-state index is 0.406. The molecule has 6 aromatic rings. The standard InChI is InChI=1S/C64H86N2P4/c1-47-33-51(5)61(52(6)34-47)67-29-21-15-22-30-69(63-55(9)37-49(3)38-56(63)10)45-66(42-60-27-19-14-20-28-60)46-70(64-57(11)39-50(4)40-58(64)12)32-24-16-23-31-68(62-53(7)35-48(2)36-54(62)8)44-65(43-67)41-59-25-17-13-18-26-59/h13-14,17-20,25-28,33-40H,15-16,21-24,29-32,41-46H2,1-12H3. The van der Waals surface area contributed by atoms with Crippen molar-refractivity contribution in [2.45, 2.75) is 135 Å². The van der Waals surface area contributed by atoms with Gasteiger partial charge in [-0.3, -0.25) is 9.80 Å². The van der Waals surface area contributed by atoms with Gasteiger partial charge in [0, 0.05) is 38.2 Å². The van der Waals surface area contributed by atoms with E-state index in [1.165, 1.54) is 166 Å². The minimum atomic E-state index is -0.406. The highest BCUT2D eigenvalue weighted by molar-refractivity contribution is 7.67. The van der Waals surface area contributed by atoms with Crippen molar-refractivity contribution >= 4 is 52.9 Å². The molecule has 0 aromatic heterocycles. The maximum Gasteiger partial charge on any atom is 0.0241 e. The van der Waals surface area contributed by atoms with Crippen LogP contribution in [-0.4, -0.2) is 59.6 Å². The molecule has 0 N–H and O–H groups in total. The Morgan fingerprint density at radius 3 is 0.729 bits per heavy atom. The van der Waals surface area contributed by atoms with Crippen molar-refractivity contribution in [3.63, 3.8) is 0 Å². The van der Waals surface area contributed by atoms with Crippen LogP contribution in [0.1, 0.15) is 116 Å². The van der Waals surface area contributed by atoms with Crippen molar-refractivity contribution in [1.29, 1.82) is 0 Å². The van der Waals surface area contributed by atoms with Crippen molar-refractivity contribution < 1.29 is 0 Å². The normalized spacial score (nSPS) is 20.1. The van der Waals surface area contributed by atoms with E-state index in [2.05, 4.69) is 202 Å². The third kappa shape index (κ3) is 15.0. The molecule has 1 aliphatic heterocycles. The van der Waals surface area contributed by atoms with Gasteiger partial charge in [-0.2, -0.15) is 0 Å². The first kappa shape index (κ1) is 54.7. The molecule has 0 aliphatic carbocycles. The number of aryl methyl sites for hydroxylation is 12. The van der Waals surface area contributed by atoms with Crippen molar-refractivity contribution in [2.24, 2.45) is 0 Å². The van der Waals surface area contributed by atoms with Crippen LogP contribution in [-0.2, 0) is 13.1 Å². The summed E-state index contributed by atoms with van der Waals surface area (Å²) < 4.78 is 0. The van der Waals surface area contributed by atoms with Crippen molar-refractivity contribution in [1.82, 2.24) is 9.80 Å². The Hall–Kier alpha value is -3.04. The predicted molar refractivity (Wildman–Crippen MR) is 319 cm³/mol. The van der Waals surface area contributed by atoms with Crippen LogP contribution in [0.2, 0.25) is 0 Å². The first-order chi connectivity index (χ1) is 33.6. The lowest BCUT2D eigenvalue weighted by molar-refractivity contribution is 0.364. The number of hydrogen-bond donors (Lipinski definition) is 0. The lowest BCUT2D eigenvalue weighted by atomic mass is 10.1. The molecule has 2 nitrogen and oxygen atoms in total. The summed E-state index contributed by atoms with van der Waals surface area (Å²) >= 11 is 0. The Morgan fingerprint density at radius 2 is 0.514 bits per heavy atom. The molecule has 1 aliphatic rings. The summed E-state index contributed by atoms with van der Waals surface area (Å²) in [7, 11) is -1.63. The highest BCUT2D eigenvalue weighted by atomic mass is 31.1. The Balaban J connectivity index is 1.30. The molecule has 0 saturated carbocycles. The van der Waals surface area contributed by atoms with Gasteiger partial charge < -0.3 is 0 Å². The highest BCUT2D eigenvalue weighted by Gasteiger charge is 2.28. The summed E-state index contributed by atoms with van der Waals surface area (Å²) in [4.78, 5) is 5.91. The largest absolute Gasteiger partial charge is 0.290 e. The van der Waals surface area contributed by atoms with Crippen LogP contribution in [0.25, 0.3) is 0 Å². The molecule has 6 aromatic carbocycles. The van der Waals surface area contributed by atoms with E-state index in [4.69, 9.17) is 0 Å². The summed E-state index contributed by atoms with van der Waals surface area (Å²) in [6.45, 7) is 30.5. The smallest absolute Gasteiger partial charge is 0.0241 e. The zero-order chi connectivity index (χ0) is 49.9. The van der Waals surface area contributed by atoms with Gasteiger partial charge in [-0.25, -0.2) is 0 Å². The van der Waals surface area contributed by atoms with Gasteiger partial charge in [-0.15, -0.1) is 0 Å². The molecule has 4 unspecified atom stereocenters. The molecule has 6 heteroatoms. The van der Waals surface area contributed by atoms with Crippen LogP contribution in [0.3, 0.4) is 0 Å². The van der Waals surface area contributed by atoms with Gasteiger partial charge in [0.15, 0.2) is 0 Å². The van der Waals surface area contributed by atoms with E-state index in [1.54, 1.807) is 21.2 Å². The van der Waals surface area contributed by atoms with Gasteiger partial charge in [0.2, 0.25) is 0 Å². The third-order valence-corrected chi connectivity index (χ3v) is 26.2. The van der Waals surface area contributed by atoms with Crippen molar-refractivity contribution in [3.8, 4) is 0 Å². The average molecular weight is 1010 g/mol. The number of nitrogens with zero attached hydrogens (tertiary/aromatic N) is 2. The second kappa shape index (κ2) is 26.3. The van der Waals surface area contributed by atoms with Crippen LogP contribution in [0.5, 0.6) is 0 Å². The predicted octanol–water partition coefficient (Wildman–Crippen LogP) is 16.1. The Bertz CT molecular complexity index is 2230. The first-order valence-electron chi connectivity index (χ1n) is 26.5. The molecule has 1 saturated heterocycles. The van der Waals surface area contributed by atoms with Crippen molar-refractivity contribution in [2.75, 3.05) is 49.8 Å². The first-order valence-corrected chi connectivity index (χ1v) is 33.3. The topological polar surface area (TPSA) is 6.48 Å². The summed E-state index contributed by atoms with van der Waals surface area (Å²) in [5.74, 6) is 0. The zero-order valence-corrected chi connectivity index (χ0v) is 49.0. The molecule has 70 heavy (non-hydrogen) atoms. The van der Waals surface area contributed by atoms with Crippen molar-refractivity contribution in [3.05, 3.63) is 187 Å². The van der Waals surface area contributed by atoms with Gasteiger partial charge in [0.05, 0.1) is 0 Å². The average Bonchev–Trinajstić information content (AvgIpc) is 3.27. The summed E-state index contributed by atoms with van der Waals surface area (Å²) in [5, 5.41) is 6.70. The SMILES string of the molecule is Cc1cc(C)c(P2CCCCCP(c3c(C)cc(C)cc3C)CN(Cc3ccccc3)CP(c3c(C)cc(C)cc3C)CCCCCP(c3c(C)cc(C)cc3C)CN(Cc3ccccc3)C2)c(C)c1.